The first-order valence-electron chi connectivity index (χ1n) is 7.14. The average molecular weight is 346 g/mol. The predicted molar refractivity (Wildman–Crippen MR) is 87.6 cm³/mol. The van der Waals surface area contributed by atoms with Crippen LogP contribution in [0.4, 0.5) is 11.4 Å². The van der Waals surface area contributed by atoms with Gasteiger partial charge >= 0.3 is 5.97 Å². The lowest BCUT2D eigenvalue weighted by atomic mass is 10.0. The quantitative estimate of drug-likeness (QED) is 0.784. The van der Waals surface area contributed by atoms with E-state index >= 15 is 0 Å². The zero-order valence-electron chi connectivity index (χ0n) is 12.4. The second kappa shape index (κ2) is 5.97. The number of hydrogen-bond donors (Lipinski definition) is 3. The minimum absolute atomic E-state index is 0.0125. The summed E-state index contributed by atoms with van der Waals surface area (Å²) in [7, 11) is -3.82. The molecule has 0 unspecified atom stereocenters. The fraction of sp³-hybridized carbons (Fsp3) is 0.125. The van der Waals surface area contributed by atoms with Crippen molar-refractivity contribution in [2.24, 2.45) is 0 Å². The van der Waals surface area contributed by atoms with Crippen LogP contribution in [0.15, 0.2) is 47.4 Å². The second-order valence-electron chi connectivity index (χ2n) is 5.36. The van der Waals surface area contributed by atoms with Crippen LogP contribution in [-0.2, 0) is 21.2 Å². The Morgan fingerprint density at radius 2 is 1.79 bits per heavy atom. The topological polar surface area (TPSA) is 113 Å². The van der Waals surface area contributed by atoms with E-state index < -0.39 is 16.0 Å². The lowest BCUT2D eigenvalue weighted by Crippen LogP contribution is -2.19. The summed E-state index contributed by atoms with van der Waals surface area (Å²) >= 11 is 0. The molecule has 0 fully saturated rings. The van der Waals surface area contributed by atoms with Crippen LogP contribution in [0.25, 0.3) is 0 Å². The van der Waals surface area contributed by atoms with Crippen molar-refractivity contribution in [3.05, 3.63) is 53.6 Å². The van der Waals surface area contributed by atoms with Crippen molar-refractivity contribution < 1.29 is 23.1 Å². The third kappa shape index (κ3) is 3.23. The minimum atomic E-state index is -3.82. The van der Waals surface area contributed by atoms with Crippen LogP contribution in [0, 0.1) is 0 Å². The Kier molecular flexibility index (Phi) is 3.98. The number of aryl methyl sites for hydroxylation is 1. The maximum Gasteiger partial charge on any atom is 0.335 e. The molecule has 24 heavy (non-hydrogen) atoms. The summed E-state index contributed by atoms with van der Waals surface area (Å²) in [5.41, 5.74) is 1.93. The van der Waals surface area contributed by atoms with Crippen LogP contribution in [0.1, 0.15) is 22.3 Å². The number of rotatable bonds is 4. The van der Waals surface area contributed by atoms with Crippen molar-refractivity contribution in [1.82, 2.24) is 0 Å². The van der Waals surface area contributed by atoms with Crippen LogP contribution in [0.5, 0.6) is 0 Å². The van der Waals surface area contributed by atoms with Gasteiger partial charge in [0.1, 0.15) is 0 Å². The van der Waals surface area contributed by atoms with E-state index in [1.54, 1.807) is 18.2 Å². The molecule has 124 valence electrons. The number of carboxylic acid groups (broad SMARTS) is 1. The van der Waals surface area contributed by atoms with Crippen molar-refractivity contribution in [3.63, 3.8) is 0 Å². The zero-order chi connectivity index (χ0) is 17.3. The van der Waals surface area contributed by atoms with Gasteiger partial charge in [-0.1, -0.05) is 0 Å². The van der Waals surface area contributed by atoms with E-state index in [2.05, 4.69) is 10.0 Å². The summed E-state index contributed by atoms with van der Waals surface area (Å²) in [6.07, 6.45) is 0.907. The molecule has 2 aromatic rings. The van der Waals surface area contributed by atoms with E-state index in [0.29, 0.717) is 24.2 Å². The number of aromatic carboxylic acids is 1. The summed E-state index contributed by atoms with van der Waals surface area (Å²) in [6, 6.07) is 9.84. The first kappa shape index (κ1) is 16.0. The number of carbonyl (C=O) groups is 2. The number of amides is 1. The van der Waals surface area contributed by atoms with E-state index in [-0.39, 0.29) is 16.4 Å². The lowest BCUT2D eigenvalue weighted by Gasteiger charge is -2.18. The Hall–Kier alpha value is -2.87. The van der Waals surface area contributed by atoms with Gasteiger partial charge in [0.15, 0.2) is 0 Å². The minimum Gasteiger partial charge on any atom is -0.478 e. The molecule has 0 atom stereocenters. The summed E-state index contributed by atoms with van der Waals surface area (Å²) in [5, 5.41) is 11.6. The molecular formula is C16H14N2O5S. The van der Waals surface area contributed by atoms with Crippen LogP contribution >= 0.6 is 0 Å². The predicted octanol–water partition coefficient (Wildman–Crippen LogP) is 2.07. The van der Waals surface area contributed by atoms with Gasteiger partial charge in [0, 0.05) is 17.8 Å². The monoisotopic (exact) mass is 346 g/mol. The molecule has 3 rings (SSSR count). The van der Waals surface area contributed by atoms with Gasteiger partial charge in [-0.15, -0.1) is 0 Å². The molecule has 1 aliphatic rings. The first-order chi connectivity index (χ1) is 11.3. The first-order valence-corrected chi connectivity index (χ1v) is 8.62. The highest BCUT2D eigenvalue weighted by Crippen LogP contribution is 2.27. The summed E-state index contributed by atoms with van der Waals surface area (Å²) in [5.74, 6) is -1.18. The number of nitrogens with one attached hydrogen (secondary N) is 2. The third-order valence-electron chi connectivity index (χ3n) is 3.66. The smallest absolute Gasteiger partial charge is 0.335 e. The molecule has 0 aromatic heterocycles. The summed E-state index contributed by atoms with van der Waals surface area (Å²) in [4.78, 5) is 22.1. The SMILES string of the molecule is O=C1CCc2cc(NS(=O)(=O)c3ccc(C(=O)O)cc3)ccc2N1. The molecule has 0 bridgehead atoms. The Labute approximate surface area is 138 Å². The fourth-order valence-electron chi connectivity index (χ4n) is 2.44. The van der Waals surface area contributed by atoms with E-state index in [1.165, 1.54) is 24.3 Å². The Morgan fingerprint density at radius 3 is 2.46 bits per heavy atom. The number of fused-ring (bicyclic) bond motifs is 1. The van der Waals surface area contributed by atoms with Crippen molar-refractivity contribution >= 4 is 33.3 Å². The highest BCUT2D eigenvalue weighted by molar-refractivity contribution is 7.92. The molecule has 0 saturated carbocycles. The number of carboxylic acids is 1. The van der Waals surface area contributed by atoms with Gasteiger partial charge in [-0.25, -0.2) is 13.2 Å². The summed E-state index contributed by atoms with van der Waals surface area (Å²) < 4.78 is 27.2. The van der Waals surface area contributed by atoms with E-state index in [0.717, 1.165) is 5.56 Å². The van der Waals surface area contributed by atoms with Crippen molar-refractivity contribution in [1.29, 1.82) is 0 Å². The molecule has 7 nitrogen and oxygen atoms in total. The van der Waals surface area contributed by atoms with Crippen LogP contribution in [-0.4, -0.2) is 25.4 Å². The largest absolute Gasteiger partial charge is 0.478 e. The van der Waals surface area contributed by atoms with E-state index in [1.807, 2.05) is 0 Å². The molecule has 0 radical (unpaired) electrons. The second-order valence-corrected chi connectivity index (χ2v) is 7.04. The molecule has 1 heterocycles. The lowest BCUT2D eigenvalue weighted by molar-refractivity contribution is -0.116. The molecule has 0 aliphatic carbocycles. The molecule has 1 amide bonds. The maximum atomic E-state index is 12.4. The molecule has 3 N–H and O–H groups in total. The van der Waals surface area contributed by atoms with Gasteiger partial charge in [-0.3, -0.25) is 9.52 Å². The van der Waals surface area contributed by atoms with Crippen LogP contribution in [0.3, 0.4) is 0 Å². The maximum absolute atomic E-state index is 12.4. The molecule has 2 aromatic carbocycles. The number of hydrogen-bond acceptors (Lipinski definition) is 4. The van der Waals surface area contributed by atoms with Crippen molar-refractivity contribution in [2.45, 2.75) is 17.7 Å². The number of benzene rings is 2. The van der Waals surface area contributed by atoms with Gasteiger partial charge in [-0.05, 0) is 54.4 Å². The van der Waals surface area contributed by atoms with Gasteiger partial charge in [0.05, 0.1) is 10.5 Å². The third-order valence-corrected chi connectivity index (χ3v) is 5.06. The van der Waals surface area contributed by atoms with E-state index in [9.17, 15) is 18.0 Å². The van der Waals surface area contributed by atoms with Crippen molar-refractivity contribution in [2.75, 3.05) is 10.0 Å². The zero-order valence-corrected chi connectivity index (χ0v) is 13.3. The molecule has 0 spiro atoms. The normalized spacial score (nSPS) is 13.8. The molecule has 1 aliphatic heterocycles. The molecule has 0 saturated heterocycles. The number of sulfonamides is 1. The highest BCUT2D eigenvalue weighted by Gasteiger charge is 2.18. The Balaban J connectivity index is 1.84. The van der Waals surface area contributed by atoms with Gasteiger partial charge in [0.25, 0.3) is 10.0 Å². The summed E-state index contributed by atoms with van der Waals surface area (Å²) in [6.45, 7) is 0. The van der Waals surface area contributed by atoms with Crippen LogP contribution < -0.4 is 10.0 Å². The van der Waals surface area contributed by atoms with Crippen LogP contribution in [0.2, 0.25) is 0 Å². The van der Waals surface area contributed by atoms with Gasteiger partial charge in [0.2, 0.25) is 5.91 Å². The van der Waals surface area contributed by atoms with E-state index in [4.69, 9.17) is 5.11 Å². The highest BCUT2D eigenvalue weighted by atomic mass is 32.2. The molecule has 8 heteroatoms. The Morgan fingerprint density at radius 1 is 1.08 bits per heavy atom. The number of anilines is 2. The van der Waals surface area contributed by atoms with Gasteiger partial charge < -0.3 is 10.4 Å². The number of carbonyl (C=O) groups excluding carboxylic acids is 1. The standard InChI is InChI=1S/C16H14N2O5S/c19-15-8-3-11-9-12(4-7-14(11)17-15)18-24(22,23)13-5-1-10(2-6-13)16(20)21/h1-2,4-7,9,18H,3,8H2,(H,17,19)(H,20,21). The molecular weight excluding hydrogens is 332 g/mol. The van der Waals surface area contributed by atoms with Crippen molar-refractivity contribution in [3.8, 4) is 0 Å². The Bertz CT molecular complexity index is 920. The fourth-order valence-corrected chi connectivity index (χ4v) is 3.49. The van der Waals surface area contributed by atoms with Gasteiger partial charge in [-0.2, -0.15) is 0 Å². The average Bonchev–Trinajstić information content (AvgIpc) is 2.55.